The zero-order valence-corrected chi connectivity index (χ0v) is 12.9. The fraction of sp³-hybridized carbons (Fsp3) is 0.462. The van der Waals surface area contributed by atoms with Gasteiger partial charge in [-0.15, -0.1) is 5.10 Å². The molecule has 0 aromatic carbocycles. The second-order valence-corrected chi connectivity index (χ2v) is 5.71. The molecule has 2 aromatic rings. The lowest BCUT2D eigenvalue weighted by molar-refractivity contribution is 0.0719. The molecule has 0 radical (unpaired) electrons. The normalized spacial score (nSPS) is 18.4. The fourth-order valence-electron chi connectivity index (χ4n) is 2.61. The summed E-state index contributed by atoms with van der Waals surface area (Å²) < 4.78 is 7.26. The number of hydrogen-bond donors (Lipinski definition) is 1. The highest BCUT2D eigenvalue weighted by Gasteiger charge is 2.31. The number of carbonyl (C=O) groups is 1. The second-order valence-electron chi connectivity index (χ2n) is 4.99. The zero-order valence-electron chi connectivity index (χ0n) is 11.3. The lowest BCUT2D eigenvalue weighted by Crippen LogP contribution is -2.38. The van der Waals surface area contributed by atoms with Crippen LogP contribution in [-0.4, -0.2) is 43.5 Å². The summed E-state index contributed by atoms with van der Waals surface area (Å²) in [4.78, 5) is 14.4. The summed E-state index contributed by atoms with van der Waals surface area (Å²) in [5, 5.41) is 16.8. The van der Waals surface area contributed by atoms with E-state index < -0.39 is 0 Å². The monoisotopic (exact) mass is 354 g/mol. The molecule has 2 aromatic heterocycles. The molecule has 0 aliphatic carbocycles. The van der Waals surface area contributed by atoms with Gasteiger partial charge < -0.3 is 14.4 Å². The number of aromatic nitrogens is 3. The highest BCUT2D eigenvalue weighted by molar-refractivity contribution is 9.10. The van der Waals surface area contributed by atoms with Crippen LogP contribution in [0.4, 0.5) is 0 Å². The number of furan rings is 1. The van der Waals surface area contributed by atoms with E-state index in [2.05, 4.69) is 26.2 Å². The number of rotatable bonds is 4. The van der Waals surface area contributed by atoms with Gasteiger partial charge in [0.25, 0.3) is 5.91 Å². The van der Waals surface area contributed by atoms with E-state index >= 15 is 0 Å². The van der Waals surface area contributed by atoms with Crippen LogP contribution < -0.4 is 0 Å². The predicted octanol–water partition coefficient (Wildman–Crippen LogP) is 1.43. The largest absolute Gasteiger partial charge is 0.457 e. The van der Waals surface area contributed by atoms with Crippen molar-refractivity contribution in [1.82, 2.24) is 19.9 Å². The maximum atomic E-state index is 12.5. The first-order valence-corrected chi connectivity index (χ1v) is 7.52. The molecule has 0 unspecified atom stereocenters. The van der Waals surface area contributed by atoms with E-state index in [-0.39, 0.29) is 18.6 Å². The molecule has 7 nitrogen and oxygen atoms in total. The first-order chi connectivity index (χ1) is 10.2. The molecule has 1 saturated heterocycles. The number of halogens is 1. The van der Waals surface area contributed by atoms with Gasteiger partial charge in [-0.05, 0) is 34.8 Å². The smallest absolute Gasteiger partial charge is 0.258 e. The van der Waals surface area contributed by atoms with Gasteiger partial charge in [0.15, 0.2) is 4.67 Å². The number of hydrogen-bond acceptors (Lipinski definition) is 5. The minimum atomic E-state index is -0.130. The van der Waals surface area contributed by atoms with Gasteiger partial charge in [0, 0.05) is 6.54 Å². The number of aliphatic hydroxyl groups excluding tert-OH is 1. The van der Waals surface area contributed by atoms with E-state index in [4.69, 9.17) is 9.52 Å². The summed E-state index contributed by atoms with van der Waals surface area (Å²) in [6, 6.07) is 1.74. The minimum Gasteiger partial charge on any atom is -0.457 e. The first kappa shape index (κ1) is 14.3. The molecule has 21 heavy (non-hydrogen) atoms. The second kappa shape index (κ2) is 5.98. The summed E-state index contributed by atoms with van der Waals surface area (Å²) >= 11 is 3.24. The quantitative estimate of drug-likeness (QED) is 0.897. The van der Waals surface area contributed by atoms with Gasteiger partial charge in [0.1, 0.15) is 5.69 Å². The van der Waals surface area contributed by atoms with Crippen LogP contribution in [0, 0.1) is 0 Å². The third kappa shape index (κ3) is 2.86. The Labute approximate surface area is 129 Å². The minimum absolute atomic E-state index is 0.0411. The lowest BCUT2D eigenvalue weighted by atomic mass is 10.2. The fourth-order valence-corrected chi connectivity index (χ4v) is 3.02. The summed E-state index contributed by atoms with van der Waals surface area (Å²) in [6.45, 7) is 1.17. The van der Waals surface area contributed by atoms with E-state index in [0.29, 0.717) is 22.5 Å². The van der Waals surface area contributed by atoms with Gasteiger partial charge in [-0.1, -0.05) is 5.21 Å². The Balaban J connectivity index is 1.73. The summed E-state index contributed by atoms with van der Waals surface area (Å²) in [7, 11) is 0. The third-order valence-corrected chi connectivity index (χ3v) is 4.25. The molecule has 1 atom stereocenters. The molecule has 0 saturated carbocycles. The first-order valence-electron chi connectivity index (χ1n) is 6.73. The van der Waals surface area contributed by atoms with Crippen LogP contribution in [0.1, 0.15) is 28.9 Å². The van der Waals surface area contributed by atoms with Crippen LogP contribution in [-0.2, 0) is 13.2 Å². The molecule has 1 amide bonds. The van der Waals surface area contributed by atoms with Crippen molar-refractivity contribution in [3.63, 3.8) is 0 Å². The van der Waals surface area contributed by atoms with Crippen molar-refractivity contribution in [2.45, 2.75) is 32.0 Å². The maximum absolute atomic E-state index is 12.5. The van der Waals surface area contributed by atoms with Crippen molar-refractivity contribution in [1.29, 1.82) is 0 Å². The van der Waals surface area contributed by atoms with Crippen molar-refractivity contribution >= 4 is 21.8 Å². The van der Waals surface area contributed by atoms with Gasteiger partial charge in [-0.25, -0.2) is 0 Å². The Hall–Kier alpha value is -1.67. The summed E-state index contributed by atoms with van der Waals surface area (Å²) in [6.07, 6.45) is 5.09. The Bertz CT molecular complexity index is 639. The molecule has 3 heterocycles. The molecule has 8 heteroatoms. The maximum Gasteiger partial charge on any atom is 0.258 e. The van der Waals surface area contributed by atoms with E-state index in [1.165, 1.54) is 6.26 Å². The van der Waals surface area contributed by atoms with E-state index in [1.807, 2.05) is 4.90 Å². The van der Waals surface area contributed by atoms with Crippen LogP contribution in [0.15, 0.2) is 27.6 Å². The molecule has 1 fully saturated rings. The Morgan fingerprint density at radius 1 is 1.57 bits per heavy atom. The van der Waals surface area contributed by atoms with Gasteiger partial charge in [0.2, 0.25) is 0 Å². The van der Waals surface area contributed by atoms with Crippen molar-refractivity contribution in [3.8, 4) is 0 Å². The highest BCUT2D eigenvalue weighted by atomic mass is 79.9. The van der Waals surface area contributed by atoms with Crippen LogP contribution >= 0.6 is 15.9 Å². The number of aliphatic hydroxyl groups is 1. The molecule has 112 valence electrons. The molecule has 0 spiro atoms. The van der Waals surface area contributed by atoms with Crippen molar-refractivity contribution in [2.75, 3.05) is 6.54 Å². The van der Waals surface area contributed by atoms with Crippen LogP contribution in [0.25, 0.3) is 0 Å². The molecule has 3 rings (SSSR count). The number of carbonyl (C=O) groups excluding carboxylic acids is 1. The van der Waals surface area contributed by atoms with Gasteiger partial charge in [-0.2, -0.15) is 0 Å². The number of amides is 1. The SMILES string of the molecule is O=C(c1ccoc1Br)N1CCC[C@H]1Cn1cc(CO)nn1. The zero-order chi connectivity index (χ0) is 14.8. The summed E-state index contributed by atoms with van der Waals surface area (Å²) in [5.41, 5.74) is 1.07. The highest BCUT2D eigenvalue weighted by Crippen LogP contribution is 2.25. The van der Waals surface area contributed by atoms with Gasteiger partial charge in [-0.3, -0.25) is 9.48 Å². The molecular formula is C13H15BrN4O3. The Morgan fingerprint density at radius 3 is 3.10 bits per heavy atom. The Kier molecular flexibility index (Phi) is 4.07. The van der Waals surface area contributed by atoms with Gasteiger partial charge >= 0.3 is 0 Å². The lowest BCUT2D eigenvalue weighted by Gasteiger charge is -2.24. The molecule has 0 bridgehead atoms. The van der Waals surface area contributed by atoms with E-state index in [0.717, 1.165) is 19.4 Å². The van der Waals surface area contributed by atoms with Gasteiger partial charge in [0.05, 0.1) is 37.2 Å². The van der Waals surface area contributed by atoms with E-state index in [1.54, 1.807) is 16.9 Å². The topological polar surface area (TPSA) is 84.4 Å². The number of likely N-dealkylation sites (tertiary alicyclic amines) is 1. The van der Waals surface area contributed by atoms with Crippen molar-refractivity contribution < 1.29 is 14.3 Å². The van der Waals surface area contributed by atoms with Crippen LogP contribution in [0.5, 0.6) is 0 Å². The molecular weight excluding hydrogens is 340 g/mol. The standard InChI is InChI=1S/C13H15BrN4O3/c14-12-11(3-5-21-12)13(20)18-4-1-2-10(18)7-17-6-9(8-19)15-16-17/h3,5-6,10,19H,1-2,4,7-8H2/t10-/m0/s1. The Morgan fingerprint density at radius 2 is 2.43 bits per heavy atom. The predicted molar refractivity (Wildman–Crippen MR) is 76.4 cm³/mol. The summed E-state index contributed by atoms with van der Waals surface area (Å²) in [5.74, 6) is -0.0411. The van der Waals surface area contributed by atoms with Crippen molar-refractivity contribution in [2.24, 2.45) is 0 Å². The van der Waals surface area contributed by atoms with Crippen molar-refractivity contribution in [3.05, 3.63) is 34.5 Å². The van der Waals surface area contributed by atoms with Crippen LogP contribution in [0.3, 0.4) is 0 Å². The number of nitrogens with zero attached hydrogens (tertiary/aromatic N) is 4. The average molecular weight is 355 g/mol. The molecule has 1 aliphatic rings. The molecule has 1 aliphatic heterocycles. The molecule has 1 N–H and O–H groups in total. The third-order valence-electron chi connectivity index (χ3n) is 3.63. The average Bonchev–Trinajstić information content (AvgIpc) is 3.19. The van der Waals surface area contributed by atoms with E-state index in [9.17, 15) is 4.79 Å². The van der Waals surface area contributed by atoms with Crippen LogP contribution in [0.2, 0.25) is 0 Å².